The first-order chi connectivity index (χ1) is 10.3. The number of rotatable bonds is 5. The molecular weight excluding hydrogens is 280 g/mol. The van der Waals surface area contributed by atoms with E-state index in [-0.39, 0.29) is 0 Å². The zero-order valence-electron chi connectivity index (χ0n) is 12.5. The molecule has 2 atom stereocenters. The van der Waals surface area contributed by atoms with Gasteiger partial charge in [-0.3, -0.25) is 4.79 Å². The maximum atomic E-state index is 12.8. The van der Waals surface area contributed by atoms with Gasteiger partial charge in [-0.15, -0.1) is 11.3 Å². The molecule has 3 aliphatic rings. The van der Waals surface area contributed by atoms with Crippen LogP contribution in [0.3, 0.4) is 0 Å². The molecule has 3 heterocycles. The van der Waals surface area contributed by atoms with Crippen LogP contribution in [-0.2, 0) is 11.3 Å². The molecule has 1 N–H and O–H groups in total. The number of nitrogens with zero attached hydrogens (tertiary/aromatic N) is 1. The molecule has 1 saturated carbocycles. The van der Waals surface area contributed by atoms with E-state index in [2.05, 4.69) is 27.7 Å². The van der Waals surface area contributed by atoms with Gasteiger partial charge in [-0.05, 0) is 55.9 Å². The standard InChI is InChI=1S/C17H24N2OS/c20-17(10-12-8-13-3-4-14(9-12)18-13)19(15-5-6-15)11-16-2-1-7-21-16/h1-2,7,12-15,18H,3-6,8-11H2. The number of amides is 1. The summed E-state index contributed by atoms with van der Waals surface area (Å²) in [6.45, 7) is 0.832. The third-order valence-corrected chi connectivity index (χ3v) is 6.11. The molecule has 0 radical (unpaired) electrons. The quantitative estimate of drug-likeness (QED) is 0.906. The minimum Gasteiger partial charge on any atom is -0.335 e. The average Bonchev–Trinajstić information content (AvgIpc) is 3.07. The smallest absolute Gasteiger partial charge is 0.223 e. The summed E-state index contributed by atoms with van der Waals surface area (Å²) in [4.78, 5) is 16.2. The number of hydrogen-bond acceptors (Lipinski definition) is 3. The van der Waals surface area contributed by atoms with Crippen LogP contribution < -0.4 is 5.32 Å². The lowest BCUT2D eigenvalue weighted by molar-refractivity contribution is -0.133. The summed E-state index contributed by atoms with van der Waals surface area (Å²) in [6.07, 6.45) is 8.23. The van der Waals surface area contributed by atoms with Crippen molar-refractivity contribution in [3.8, 4) is 0 Å². The van der Waals surface area contributed by atoms with Gasteiger partial charge in [0.05, 0.1) is 6.54 Å². The topological polar surface area (TPSA) is 32.3 Å². The van der Waals surface area contributed by atoms with Crippen LogP contribution in [0, 0.1) is 5.92 Å². The predicted octanol–water partition coefficient (Wildman–Crippen LogP) is 3.16. The van der Waals surface area contributed by atoms with Gasteiger partial charge < -0.3 is 10.2 Å². The minimum absolute atomic E-state index is 0.400. The number of nitrogens with one attached hydrogen (secondary N) is 1. The zero-order chi connectivity index (χ0) is 14.2. The second kappa shape index (κ2) is 5.73. The highest BCUT2D eigenvalue weighted by molar-refractivity contribution is 7.09. The normalized spacial score (nSPS) is 31.3. The van der Waals surface area contributed by atoms with Crippen molar-refractivity contribution >= 4 is 17.2 Å². The molecule has 3 fully saturated rings. The predicted molar refractivity (Wildman–Crippen MR) is 85.2 cm³/mol. The van der Waals surface area contributed by atoms with Gasteiger partial charge in [0.25, 0.3) is 0 Å². The lowest BCUT2D eigenvalue weighted by Crippen LogP contribution is -2.40. The molecular formula is C17H24N2OS. The molecule has 0 aromatic carbocycles. The molecule has 1 aliphatic carbocycles. The zero-order valence-corrected chi connectivity index (χ0v) is 13.3. The van der Waals surface area contributed by atoms with Gasteiger partial charge in [0, 0.05) is 29.4 Å². The van der Waals surface area contributed by atoms with Crippen molar-refractivity contribution < 1.29 is 4.79 Å². The number of hydrogen-bond donors (Lipinski definition) is 1. The molecule has 21 heavy (non-hydrogen) atoms. The summed E-state index contributed by atoms with van der Waals surface area (Å²) in [5.74, 6) is 1.01. The van der Waals surface area contributed by atoms with Gasteiger partial charge in [-0.2, -0.15) is 0 Å². The van der Waals surface area contributed by atoms with Crippen LogP contribution >= 0.6 is 11.3 Å². The maximum Gasteiger partial charge on any atom is 0.223 e. The van der Waals surface area contributed by atoms with Crippen molar-refractivity contribution in [2.45, 2.75) is 69.6 Å². The Morgan fingerprint density at radius 1 is 1.24 bits per heavy atom. The van der Waals surface area contributed by atoms with E-state index in [1.54, 1.807) is 11.3 Å². The molecule has 1 aromatic rings. The summed E-state index contributed by atoms with van der Waals surface area (Å²) in [5, 5.41) is 5.78. The highest BCUT2D eigenvalue weighted by Gasteiger charge is 2.37. The number of carbonyl (C=O) groups excluding carboxylic acids is 1. The number of piperidine rings is 1. The number of carbonyl (C=O) groups is 1. The molecule has 4 rings (SSSR count). The van der Waals surface area contributed by atoms with E-state index in [0.29, 0.717) is 30.0 Å². The maximum absolute atomic E-state index is 12.8. The molecule has 1 aromatic heterocycles. The summed E-state index contributed by atoms with van der Waals surface area (Å²) >= 11 is 1.77. The monoisotopic (exact) mass is 304 g/mol. The van der Waals surface area contributed by atoms with E-state index in [9.17, 15) is 4.79 Å². The van der Waals surface area contributed by atoms with Crippen molar-refractivity contribution in [2.75, 3.05) is 0 Å². The third kappa shape index (κ3) is 3.16. The second-order valence-electron chi connectivity index (χ2n) is 7.01. The van der Waals surface area contributed by atoms with Crippen LogP contribution in [0.1, 0.15) is 49.8 Å². The fraction of sp³-hybridized carbons (Fsp3) is 0.706. The van der Waals surface area contributed by atoms with Crippen LogP contribution in [0.15, 0.2) is 17.5 Å². The Morgan fingerprint density at radius 3 is 2.62 bits per heavy atom. The molecule has 1 amide bonds. The van der Waals surface area contributed by atoms with E-state index in [1.165, 1.54) is 43.4 Å². The summed E-state index contributed by atoms with van der Waals surface area (Å²) in [7, 11) is 0. The first-order valence-corrected chi connectivity index (χ1v) is 9.24. The fourth-order valence-corrected chi connectivity index (χ4v) is 4.79. The SMILES string of the molecule is O=C(CC1CC2CCC(C1)N2)N(Cc1cccs1)C1CC1. The molecule has 2 unspecified atom stereocenters. The van der Waals surface area contributed by atoms with E-state index in [4.69, 9.17) is 0 Å². The largest absolute Gasteiger partial charge is 0.335 e. The van der Waals surface area contributed by atoms with Gasteiger partial charge in [0.2, 0.25) is 5.91 Å². The van der Waals surface area contributed by atoms with Crippen molar-refractivity contribution in [1.82, 2.24) is 10.2 Å². The Labute approximate surface area is 130 Å². The molecule has 2 bridgehead atoms. The van der Waals surface area contributed by atoms with Crippen LogP contribution in [0.5, 0.6) is 0 Å². The first-order valence-electron chi connectivity index (χ1n) is 8.36. The molecule has 2 saturated heterocycles. The summed E-state index contributed by atoms with van der Waals surface area (Å²) < 4.78 is 0. The highest BCUT2D eigenvalue weighted by atomic mass is 32.1. The average molecular weight is 304 g/mol. The third-order valence-electron chi connectivity index (χ3n) is 5.25. The minimum atomic E-state index is 0.400. The van der Waals surface area contributed by atoms with Gasteiger partial charge in [0.15, 0.2) is 0 Å². The summed E-state index contributed by atoms with van der Waals surface area (Å²) in [5.41, 5.74) is 0. The molecule has 2 aliphatic heterocycles. The number of fused-ring (bicyclic) bond motifs is 2. The highest BCUT2D eigenvalue weighted by Crippen LogP contribution is 2.35. The van der Waals surface area contributed by atoms with Crippen molar-refractivity contribution in [1.29, 1.82) is 0 Å². The van der Waals surface area contributed by atoms with E-state index >= 15 is 0 Å². The Hall–Kier alpha value is -0.870. The van der Waals surface area contributed by atoms with E-state index in [1.807, 2.05) is 0 Å². The van der Waals surface area contributed by atoms with Crippen molar-refractivity contribution in [2.24, 2.45) is 5.92 Å². The van der Waals surface area contributed by atoms with Crippen molar-refractivity contribution in [3.63, 3.8) is 0 Å². The van der Waals surface area contributed by atoms with Gasteiger partial charge >= 0.3 is 0 Å². The first kappa shape index (κ1) is 13.8. The van der Waals surface area contributed by atoms with Crippen LogP contribution in [-0.4, -0.2) is 28.9 Å². The molecule has 114 valence electrons. The molecule has 3 nitrogen and oxygen atoms in total. The summed E-state index contributed by atoms with van der Waals surface area (Å²) in [6, 6.07) is 6.14. The molecule has 0 spiro atoms. The Balaban J connectivity index is 1.38. The van der Waals surface area contributed by atoms with Crippen LogP contribution in [0.2, 0.25) is 0 Å². The Morgan fingerprint density at radius 2 is 2.00 bits per heavy atom. The van der Waals surface area contributed by atoms with Gasteiger partial charge in [-0.25, -0.2) is 0 Å². The fourth-order valence-electron chi connectivity index (χ4n) is 4.08. The molecule has 4 heteroatoms. The van der Waals surface area contributed by atoms with E-state index in [0.717, 1.165) is 13.0 Å². The van der Waals surface area contributed by atoms with Crippen molar-refractivity contribution in [3.05, 3.63) is 22.4 Å². The lowest BCUT2D eigenvalue weighted by atomic mass is 9.89. The van der Waals surface area contributed by atoms with E-state index < -0.39 is 0 Å². The lowest BCUT2D eigenvalue weighted by Gasteiger charge is -2.31. The number of thiophene rings is 1. The Bertz CT molecular complexity index is 485. The Kier molecular flexibility index (Phi) is 3.76. The van der Waals surface area contributed by atoms with Crippen LogP contribution in [0.25, 0.3) is 0 Å². The van der Waals surface area contributed by atoms with Gasteiger partial charge in [0.1, 0.15) is 0 Å². The van der Waals surface area contributed by atoms with Crippen LogP contribution in [0.4, 0.5) is 0 Å². The second-order valence-corrected chi connectivity index (χ2v) is 8.04. The van der Waals surface area contributed by atoms with Gasteiger partial charge in [-0.1, -0.05) is 6.07 Å².